The summed E-state index contributed by atoms with van der Waals surface area (Å²) in [5.74, 6) is -2.40. The van der Waals surface area contributed by atoms with Gasteiger partial charge in [-0.05, 0) is 37.0 Å². The van der Waals surface area contributed by atoms with E-state index in [1.165, 1.54) is 4.90 Å². The van der Waals surface area contributed by atoms with Crippen LogP contribution in [0.3, 0.4) is 0 Å². The molecule has 198 valence electrons. The molecule has 2 aromatic carbocycles. The molecule has 1 saturated carbocycles. The largest absolute Gasteiger partial charge is 0.465 e. The molecule has 0 spiro atoms. The summed E-state index contributed by atoms with van der Waals surface area (Å²) in [7, 11) is 0. The number of hydrogen-bond donors (Lipinski definition) is 4. The van der Waals surface area contributed by atoms with Gasteiger partial charge in [-0.3, -0.25) is 19.7 Å². The minimum absolute atomic E-state index is 0.0718. The van der Waals surface area contributed by atoms with E-state index in [1.54, 1.807) is 40.7 Å². The van der Waals surface area contributed by atoms with Crippen LogP contribution in [0.4, 0.5) is 10.5 Å². The van der Waals surface area contributed by atoms with Crippen molar-refractivity contribution >= 4 is 23.6 Å². The first kappa shape index (κ1) is 26.4. The van der Waals surface area contributed by atoms with Crippen LogP contribution in [0, 0.1) is 11.8 Å². The second kappa shape index (κ2) is 12.1. The van der Waals surface area contributed by atoms with Crippen molar-refractivity contribution in [1.29, 1.82) is 0 Å². The molecule has 0 radical (unpaired) electrons. The summed E-state index contributed by atoms with van der Waals surface area (Å²) >= 11 is 0. The van der Waals surface area contributed by atoms with Gasteiger partial charge in [-0.1, -0.05) is 48.5 Å². The van der Waals surface area contributed by atoms with Crippen LogP contribution in [0.5, 0.6) is 0 Å². The maximum Gasteiger partial charge on any atom is 0.408 e. The lowest BCUT2D eigenvalue weighted by Gasteiger charge is -2.43. The van der Waals surface area contributed by atoms with Crippen molar-refractivity contribution in [3.63, 3.8) is 0 Å². The molecule has 1 aliphatic heterocycles. The lowest BCUT2D eigenvalue weighted by molar-refractivity contribution is -0.148. The van der Waals surface area contributed by atoms with E-state index in [2.05, 4.69) is 4.90 Å². The number of piperazine rings is 1. The first-order chi connectivity index (χ1) is 17.9. The first-order valence-corrected chi connectivity index (χ1v) is 12.6. The predicted molar refractivity (Wildman–Crippen MR) is 136 cm³/mol. The maximum atomic E-state index is 13.5. The smallest absolute Gasteiger partial charge is 0.408 e. The van der Waals surface area contributed by atoms with Gasteiger partial charge < -0.3 is 20.0 Å². The molecule has 10 nitrogen and oxygen atoms in total. The van der Waals surface area contributed by atoms with E-state index in [0.717, 1.165) is 5.69 Å². The van der Waals surface area contributed by atoms with Crippen LogP contribution in [-0.2, 0) is 9.59 Å². The highest BCUT2D eigenvalue weighted by molar-refractivity contribution is 5.87. The zero-order chi connectivity index (χ0) is 26.4. The fraction of sp³-hybridized carbons (Fsp3) is 0.444. The van der Waals surface area contributed by atoms with E-state index in [4.69, 9.17) is 0 Å². The van der Waals surface area contributed by atoms with E-state index in [-0.39, 0.29) is 12.3 Å². The van der Waals surface area contributed by atoms with Gasteiger partial charge in [0.1, 0.15) is 0 Å². The van der Waals surface area contributed by atoms with Crippen molar-refractivity contribution in [2.24, 2.45) is 11.8 Å². The number of anilines is 1. The number of hydroxylamine groups is 1. The Bertz CT molecular complexity index is 1060. The van der Waals surface area contributed by atoms with Crippen molar-refractivity contribution in [2.45, 2.75) is 31.3 Å². The molecule has 0 aromatic heterocycles. The third-order valence-electron chi connectivity index (χ3n) is 7.61. The number of nitrogens with zero attached hydrogens (tertiary/aromatic N) is 3. The number of carboxylic acid groups (broad SMARTS) is 1. The zero-order valence-corrected chi connectivity index (χ0v) is 20.6. The maximum absolute atomic E-state index is 13.5. The van der Waals surface area contributed by atoms with Gasteiger partial charge in [-0.2, -0.15) is 0 Å². The van der Waals surface area contributed by atoms with Gasteiger partial charge in [0.25, 0.3) is 0 Å². The van der Waals surface area contributed by atoms with Crippen molar-refractivity contribution in [2.75, 3.05) is 37.7 Å². The van der Waals surface area contributed by atoms with Gasteiger partial charge >= 0.3 is 6.09 Å². The third-order valence-corrected chi connectivity index (χ3v) is 7.61. The minimum Gasteiger partial charge on any atom is -0.465 e. The van der Waals surface area contributed by atoms with E-state index >= 15 is 0 Å². The summed E-state index contributed by atoms with van der Waals surface area (Å²) < 4.78 is 0. The van der Waals surface area contributed by atoms with E-state index in [9.17, 15) is 29.8 Å². The second-order valence-corrected chi connectivity index (χ2v) is 9.60. The minimum atomic E-state index is -1.21. The summed E-state index contributed by atoms with van der Waals surface area (Å²) in [6, 6.07) is 17.4. The van der Waals surface area contributed by atoms with Crippen LogP contribution in [-0.4, -0.2) is 82.0 Å². The SMILES string of the molecule is O=C(NO)[C@H]1C[C@H](N(C(=O)O)[C@@H](CO)c2ccccc2)CC[C@@H]1C(=O)N1CCN(c2ccccc2)CC1. The number of carbonyl (C=O) groups is 3. The van der Waals surface area contributed by atoms with E-state index in [0.29, 0.717) is 44.6 Å². The number of hydrogen-bond acceptors (Lipinski definition) is 6. The number of amides is 3. The Morgan fingerprint density at radius 3 is 2.11 bits per heavy atom. The van der Waals surface area contributed by atoms with Gasteiger partial charge in [0.05, 0.1) is 18.6 Å². The average Bonchev–Trinajstić information content (AvgIpc) is 2.95. The Labute approximate surface area is 216 Å². The number of carbonyl (C=O) groups excluding carboxylic acids is 2. The molecule has 3 amide bonds. The Kier molecular flexibility index (Phi) is 8.62. The van der Waals surface area contributed by atoms with Crippen molar-refractivity contribution in [3.8, 4) is 0 Å². The standard InChI is InChI=1S/C27H34N4O6/c32-18-24(19-7-3-1-4-8-19)31(27(35)36)21-11-12-22(23(17-21)25(33)28-37)26(34)30-15-13-29(14-16-30)20-9-5-2-6-10-20/h1-10,21-24,32,37H,11-18H2,(H,28,33)(H,35,36)/t21-,22+,23+,24+/m1/s1. The topological polar surface area (TPSA) is 134 Å². The van der Waals surface area contributed by atoms with Crippen LogP contribution in [0.1, 0.15) is 30.9 Å². The van der Waals surface area contributed by atoms with E-state index < -0.39 is 42.5 Å². The molecule has 4 rings (SSSR count). The molecule has 2 aromatic rings. The molecule has 0 bridgehead atoms. The highest BCUT2D eigenvalue weighted by Gasteiger charge is 2.45. The number of nitrogens with one attached hydrogen (secondary N) is 1. The monoisotopic (exact) mass is 510 g/mol. The first-order valence-electron chi connectivity index (χ1n) is 12.6. The quantitative estimate of drug-likeness (QED) is 0.332. The molecule has 1 heterocycles. The summed E-state index contributed by atoms with van der Waals surface area (Å²) in [5.41, 5.74) is 3.42. The lowest BCUT2D eigenvalue weighted by Crippen LogP contribution is -2.55. The molecule has 0 unspecified atom stereocenters. The summed E-state index contributed by atoms with van der Waals surface area (Å²) in [5, 5.41) is 29.6. The molecule has 37 heavy (non-hydrogen) atoms. The van der Waals surface area contributed by atoms with Crippen molar-refractivity contribution in [3.05, 3.63) is 66.2 Å². The van der Waals surface area contributed by atoms with Crippen molar-refractivity contribution < 1.29 is 29.8 Å². The number of aliphatic hydroxyl groups is 1. The Morgan fingerprint density at radius 1 is 0.919 bits per heavy atom. The summed E-state index contributed by atoms with van der Waals surface area (Å²) in [4.78, 5) is 43.7. The molecule has 4 atom stereocenters. The molecule has 2 fully saturated rings. The van der Waals surface area contributed by atoms with Crippen LogP contribution in [0.25, 0.3) is 0 Å². The molecule has 2 aliphatic rings. The molecule has 10 heteroatoms. The highest BCUT2D eigenvalue weighted by atomic mass is 16.5. The van der Waals surface area contributed by atoms with E-state index in [1.807, 2.05) is 30.3 Å². The highest BCUT2D eigenvalue weighted by Crippen LogP contribution is 2.37. The normalized spacial score (nSPS) is 22.7. The van der Waals surface area contributed by atoms with Gasteiger partial charge in [0.2, 0.25) is 11.8 Å². The molecule has 1 aliphatic carbocycles. The third kappa shape index (κ3) is 5.86. The number of para-hydroxylation sites is 1. The lowest BCUT2D eigenvalue weighted by atomic mass is 9.74. The van der Waals surface area contributed by atoms with Crippen LogP contribution >= 0.6 is 0 Å². The van der Waals surface area contributed by atoms with Crippen molar-refractivity contribution in [1.82, 2.24) is 15.3 Å². The molecular formula is C27H34N4O6. The van der Waals surface area contributed by atoms with Crippen LogP contribution < -0.4 is 10.4 Å². The molecule has 4 N–H and O–H groups in total. The zero-order valence-electron chi connectivity index (χ0n) is 20.6. The number of rotatable bonds is 7. The average molecular weight is 511 g/mol. The van der Waals surface area contributed by atoms with Gasteiger partial charge in [0.15, 0.2) is 0 Å². The fourth-order valence-corrected chi connectivity index (χ4v) is 5.70. The summed E-state index contributed by atoms with van der Waals surface area (Å²) in [6.45, 7) is 1.96. The van der Waals surface area contributed by atoms with Crippen LogP contribution in [0.15, 0.2) is 60.7 Å². The Balaban J connectivity index is 1.47. The van der Waals surface area contributed by atoms with Gasteiger partial charge in [-0.25, -0.2) is 10.3 Å². The predicted octanol–water partition coefficient (Wildman–Crippen LogP) is 2.34. The van der Waals surface area contributed by atoms with Gasteiger partial charge in [0, 0.05) is 43.8 Å². The number of aliphatic hydroxyl groups excluding tert-OH is 1. The molecule has 1 saturated heterocycles. The molecular weight excluding hydrogens is 476 g/mol. The Morgan fingerprint density at radius 2 is 1.54 bits per heavy atom. The van der Waals surface area contributed by atoms with Crippen LogP contribution in [0.2, 0.25) is 0 Å². The number of benzene rings is 2. The fourth-order valence-electron chi connectivity index (χ4n) is 5.70. The summed E-state index contributed by atoms with van der Waals surface area (Å²) in [6.07, 6.45) is -0.469. The van der Waals surface area contributed by atoms with Gasteiger partial charge in [-0.15, -0.1) is 0 Å². The second-order valence-electron chi connectivity index (χ2n) is 9.60. The Hall–Kier alpha value is -3.63.